The van der Waals surface area contributed by atoms with E-state index >= 15 is 0 Å². The maximum Gasteiger partial charge on any atom is 0.326 e. The molecule has 0 aliphatic carbocycles. The first kappa shape index (κ1) is 31.0. The van der Waals surface area contributed by atoms with Gasteiger partial charge in [-0.1, -0.05) is 20.3 Å². The number of nitrogens with zero attached hydrogens (tertiary/aromatic N) is 1. The van der Waals surface area contributed by atoms with E-state index in [1.54, 1.807) is 6.92 Å². The summed E-state index contributed by atoms with van der Waals surface area (Å²) in [6.07, 6.45) is 1.86. The number of aromatic nitrogens is 2. The number of nitrogens with two attached hydrogens (primary N) is 2. The predicted octanol–water partition coefficient (Wildman–Crippen LogP) is -2.01. The molecular formula is C22H35N7O8. The molecule has 1 aromatic heterocycles. The lowest BCUT2D eigenvalue weighted by Crippen LogP contribution is -2.58. The molecule has 206 valence electrons. The number of nitrogens with one attached hydrogen (secondary N) is 4. The van der Waals surface area contributed by atoms with Crippen LogP contribution in [0.4, 0.5) is 0 Å². The van der Waals surface area contributed by atoms with E-state index in [2.05, 4.69) is 25.9 Å². The van der Waals surface area contributed by atoms with Gasteiger partial charge in [-0.25, -0.2) is 9.78 Å². The van der Waals surface area contributed by atoms with Crippen LogP contribution in [-0.2, 0) is 35.2 Å². The van der Waals surface area contributed by atoms with Gasteiger partial charge in [-0.05, 0) is 18.8 Å². The molecule has 0 bridgehead atoms. The van der Waals surface area contributed by atoms with Crippen LogP contribution in [0.15, 0.2) is 12.5 Å². The summed E-state index contributed by atoms with van der Waals surface area (Å²) in [5, 5.41) is 25.5. The minimum absolute atomic E-state index is 0.0472. The van der Waals surface area contributed by atoms with E-state index in [0.29, 0.717) is 12.1 Å². The van der Waals surface area contributed by atoms with Gasteiger partial charge >= 0.3 is 11.9 Å². The molecule has 0 aliphatic rings. The number of primary amides is 1. The number of hydrogen-bond donors (Lipinski definition) is 8. The summed E-state index contributed by atoms with van der Waals surface area (Å²) in [6, 6.07) is -5.08. The quantitative estimate of drug-likeness (QED) is 0.111. The number of carboxylic acid groups (broad SMARTS) is 2. The SMILES string of the molecule is CCC(C)C(N)C(=O)NC(Cc1cnc[nH]1)C(=O)NC(CCC(=O)O)C(=O)NC(CCC(N)=O)C(=O)O. The number of aliphatic carboxylic acids is 2. The second-order valence-corrected chi connectivity index (χ2v) is 8.65. The maximum atomic E-state index is 13.2. The van der Waals surface area contributed by atoms with Crippen molar-refractivity contribution in [2.45, 2.75) is 76.5 Å². The summed E-state index contributed by atoms with van der Waals surface area (Å²) < 4.78 is 0. The molecule has 5 atom stereocenters. The third-order valence-corrected chi connectivity index (χ3v) is 5.75. The monoisotopic (exact) mass is 525 g/mol. The van der Waals surface area contributed by atoms with E-state index in [1.165, 1.54) is 12.5 Å². The third-order valence-electron chi connectivity index (χ3n) is 5.75. The normalized spacial score (nSPS) is 14.9. The first-order valence-electron chi connectivity index (χ1n) is 11.7. The maximum absolute atomic E-state index is 13.2. The molecule has 0 fully saturated rings. The zero-order valence-corrected chi connectivity index (χ0v) is 20.7. The summed E-state index contributed by atoms with van der Waals surface area (Å²) in [4.78, 5) is 78.9. The van der Waals surface area contributed by atoms with Gasteiger partial charge in [-0.3, -0.25) is 24.0 Å². The third kappa shape index (κ3) is 11.1. The van der Waals surface area contributed by atoms with Gasteiger partial charge in [-0.2, -0.15) is 0 Å². The predicted molar refractivity (Wildman–Crippen MR) is 128 cm³/mol. The Morgan fingerprint density at radius 2 is 1.51 bits per heavy atom. The molecule has 0 spiro atoms. The largest absolute Gasteiger partial charge is 0.481 e. The van der Waals surface area contributed by atoms with Crippen LogP contribution >= 0.6 is 0 Å². The van der Waals surface area contributed by atoms with Crippen molar-refractivity contribution >= 4 is 35.6 Å². The van der Waals surface area contributed by atoms with E-state index in [9.17, 15) is 33.9 Å². The van der Waals surface area contributed by atoms with E-state index in [4.69, 9.17) is 16.6 Å². The molecule has 1 aromatic rings. The van der Waals surface area contributed by atoms with Gasteiger partial charge < -0.3 is 42.6 Å². The molecule has 0 saturated heterocycles. The molecule has 0 saturated carbocycles. The first-order valence-corrected chi connectivity index (χ1v) is 11.7. The molecule has 37 heavy (non-hydrogen) atoms. The average Bonchev–Trinajstić information content (AvgIpc) is 3.35. The molecule has 15 heteroatoms. The van der Waals surface area contributed by atoms with Crippen molar-refractivity contribution in [2.24, 2.45) is 17.4 Å². The molecular weight excluding hydrogens is 490 g/mol. The van der Waals surface area contributed by atoms with Crippen molar-refractivity contribution in [3.05, 3.63) is 18.2 Å². The highest BCUT2D eigenvalue weighted by Gasteiger charge is 2.31. The van der Waals surface area contributed by atoms with E-state index in [0.717, 1.165) is 0 Å². The molecule has 0 aromatic carbocycles. The number of carbonyl (C=O) groups excluding carboxylic acids is 4. The van der Waals surface area contributed by atoms with Crippen LogP contribution < -0.4 is 27.4 Å². The van der Waals surface area contributed by atoms with Gasteiger partial charge in [0.1, 0.15) is 18.1 Å². The minimum atomic E-state index is -1.50. The van der Waals surface area contributed by atoms with Crippen LogP contribution in [-0.4, -0.2) is 79.9 Å². The topological polar surface area (TPSA) is 260 Å². The molecule has 10 N–H and O–H groups in total. The highest BCUT2D eigenvalue weighted by molar-refractivity contribution is 5.94. The zero-order valence-electron chi connectivity index (χ0n) is 20.7. The van der Waals surface area contributed by atoms with E-state index in [1.807, 2.05) is 6.92 Å². The summed E-state index contributed by atoms with van der Waals surface area (Å²) >= 11 is 0. The minimum Gasteiger partial charge on any atom is -0.481 e. The molecule has 0 radical (unpaired) electrons. The molecule has 1 heterocycles. The lowest BCUT2D eigenvalue weighted by Gasteiger charge is -2.25. The number of imidazole rings is 1. The lowest BCUT2D eigenvalue weighted by molar-refractivity contribution is -0.143. The van der Waals surface area contributed by atoms with Crippen molar-refractivity contribution in [1.29, 1.82) is 0 Å². The Morgan fingerprint density at radius 3 is 2.03 bits per heavy atom. The number of rotatable bonds is 17. The molecule has 4 amide bonds. The summed E-state index contributed by atoms with van der Waals surface area (Å²) in [6.45, 7) is 3.63. The Kier molecular flexibility index (Phi) is 12.7. The van der Waals surface area contributed by atoms with Crippen molar-refractivity contribution in [2.75, 3.05) is 0 Å². The second-order valence-electron chi connectivity index (χ2n) is 8.65. The Labute approximate surface area is 213 Å². The first-order chi connectivity index (χ1) is 17.3. The highest BCUT2D eigenvalue weighted by atomic mass is 16.4. The van der Waals surface area contributed by atoms with Crippen LogP contribution in [0, 0.1) is 5.92 Å². The fourth-order valence-electron chi connectivity index (χ4n) is 3.23. The Morgan fingerprint density at radius 1 is 0.946 bits per heavy atom. The van der Waals surface area contributed by atoms with Crippen molar-refractivity contribution < 1.29 is 39.0 Å². The average molecular weight is 526 g/mol. The molecule has 15 nitrogen and oxygen atoms in total. The smallest absolute Gasteiger partial charge is 0.326 e. The van der Waals surface area contributed by atoms with E-state index in [-0.39, 0.29) is 31.6 Å². The number of aromatic amines is 1. The summed E-state index contributed by atoms with van der Waals surface area (Å²) in [5.41, 5.74) is 11.5. The zero-order chi connectivity index (χ0) is 28.1. The standard InChI is InChI=1S/C22H35N7O8/c1-3-11(2)18(24)21(35)29-15(8-12-9-25-10-26-12)20(34)27-13(5-7-17(31)32)19(33)28-14(22(36)37)4-6-16(23)30/h9-11,13-15,18H,3-8,24H2,1-2H3,(H2,23,30)(H,25,26)(H,27,34)(H,28,33)(H,29,35)(H,31,32)(H,36,37). The number of amides is 4. The highest BCUT2D eigenvalue weighted by Crippen LogP contribution is 2.08. The van der Waals surface area contributed by atoms with Crippen molar-refractivity contribution in [1.82, 2.24) is 25.9 Å². The molecule has 1 rings (SSSR count). The van der Waals surface area contributed by atoms with Crippen LogP contribution in [0.25, 0.3) is 0 Å². The van der Waals surface area contributed by atoms with Gasteiger partial charge in [0.05, 0.1) is 12.4 Å². The van der Waals surface area contributed by atoms with Gasteiger partial charge in [0.15, 0.2) is 0 Å². The second kappa shape index (κ2) is 15.2. The van der Waals surface area contributed by atoms with Gasteiger partial charge in [-0.15, -0.1) is 0 Å². The number of hydrogen-bond acceptors (Lipinski definition) is 8. The van der Waals surface area contributed by atoms with E-state index < -0.39 is 66.2 Å². The number of carbonyl (C=O) groups is 6. The summed E-state index contributed by atoms with van der Waals surface area (Å²) in [7, 11) is 0. The van der Waals surface area contributed by atoms with Crippen molar-refractivity contribution in [3.63, 3.8) is 0 Å². The summed E-state index contributed by atoms with van der Waals surface area (Å²) in [5.74, 6) is -6.05. The van der Waals surface area contributed by atoms with Crippen LogP contribution in [0.5, 0.6) is 0 Å². The Balaban J connectivity index is 3.09. The van der Waals surface area contributed by atoms with Gasteiger partial charge in [0.25, 0.3) is 0 Å². The molecule has 0 aliphatic heterocycles. The molecule has 5 unspecified atom stereocenters. The Bertz CT molecular complexity index is 953. The van der Waals surface area contributed by atoms with Crippen molar-refractivity contribution in [3.8, 4) is 0 Å². The number of H-pyrrole nitrogens is 1. The fourth-order valence-corrected chi connectivity index (χ4v) is 3.23. The van der Waals surface area contributed by atoms with Crippen LogP contribution in [0.3, 0.4) is 0 Å². The van der Waals surface area contributed by atoms with Crippen LogP contribution in [0.1, 0.15) is 51.6 Å². The fraction of sp³-hybridized carbons (Fsp3) is 0.591. The lowest BCUT2D eigenvalue weighted by atomic mass is 9.98. The Hall–Kier alpha value is -4.01. The van der Waals surface area contributed by atoms with Crippen LogP contribution in [0.2, 0.25) is 0 Å². The van der Waals surface area contributed by atoms with Gasteiger partial charge in [0.2, 0.25) is 23.6 Å². The van der Waals surface area contributed by atoms with Gasteiger partial charge in [0, 0.05) is 31.2 Å². The number of carboxylic acids is 2.